The highest BCUT2D eigenvalue weighted by Gasteiger charge is 2.44. The number of carbonyl (C=O) groups excluding carboxylic acids is 1. The Morgan fingerprint density at radius 1 is 1.12 bits per heavy atom. The second-order valence-electron chi connectivity index (χ2n) is 7.89. The van der Waals surface area contributed by atoms with Crippen LogP contribution in [0.1, 0.15) is 21.5 Å². The Labute approximate surface area is 193 Å². The van der Waals surface area contributed by atoms with Crippen LogP contribution >= 0.6 is 11.8 Å². The second-order valence-corrected chi connectivity index (χ2v) is 9.23. The summed E-state index contributed by atoms with van der Waals surface area (Å²) in [5.41, 5.74) is 0.911. The van der Waals surface area contributed by atoms with Gasteiger partial charge in [-0.25, -0.2) is 0 Å². The number of ketones is 1. The first-order valence-corrected chi connectivity index (χ1v) is 11.2. The van der Waals surface area contributed by atoms with Gasteiger partial charge in [0.25, 0.3) is 0 Å². The number of furan rings is 1. The fraction of sp³-hybridized carbons (Fsp3) is 0.292. The zero-order chi connectivity index (χ0) is 23.7. The van der Waals surface area contributed by atoms with Gasteiger partial charge in [0.05, 0.1) is 24.2 Å². The van der Waals surface area contributed by atoms with E-state index in [1.54, 1.807) is 31.4 Å². The molecule has 0 amide bonds. The molecular weight excluding hydrogens is 448 g/mol. The Hall–Kier alpha value is -2.82. The Kier molecular flexibility index (Phi) is 6.78. The Bertz CT molecular complexity index is 1180. The third-order valence-electron chi connectivity index (χ3n) is 5.47. The van der Waals surface area contributed by atoms with Crippen LogP contribution in [-0.2, 0) is 0 Å². The smallest absolute Gasteiger partial charge is 0.193 e. The fourth-order valence-corrected chi connectivity index (χ4v) is 4.94. The number of phenols is 1. The molecule has 1 aliphatic heterocycles. The molecule has 3 aromatic rings. The van der Waals surface area contributed by atoms with Gasteiger partial charge in [-0.1, -0.05) is 12.1 Å². The summed E-state index contributed by atoms with van der Waals surface area (Å²) in [6.45, 7) is 1.26. The normalized spacial score (nSPS) is 25.5. The van der Waals surface area contributed by atoms with Crippen LogP contribution in [0.25, 0.3) is 17.0 Å². The van der Waals surface area contributed by atoms with Gasteiger partial charge in [0.1, 0.15) is 34.9 Å². The third-order valence-corrected chi connectivity index (χ3v) is 6.89. The molecule has 0 bridgehead atoms. The predicted octanol–water partition coefficient (Wildman–Crippen LogP) is 2.24. The Morgan fingerprint density at radius 3 is 2.67 bits per heavy atom. The number of allylic oxidation sites excluding steroid dienone is 1. The number of carbonyl (C=O) groups is 1. The number of aromatic hydroxyl groups is 1. The molecule has 2 aromatic carbocycles. The van der Waals surface area contributed by atoms with Gasteiger partial charge in [-0.3, -0.25) is 4.79 Å². The summed E-state index contributed by atoms with van der Waals surface area (Å²) in [7, 11) is 0. The van der Waals surface area contributed by atoms with Crippen molar-refractivity contribution in [1.82, 2.24) is 0 Å². The minimum atomic E-state index is -1.54. The van der Waals surface area contributed by atoms with Crippen molar-refractivity contribution in [3.63, 3.8) is 0 Å². The number of rotatable bonds is 6. The van der Waals surface area contributed by atoms with E-state index in [1.165, 1.54) is 18.2 Å². The van der Waals surface area contributed by atoms with E-state index < -0.39 is 41.4 Å². The lowest BCUT2D eigenvalue weighted by Crippen LogP contribution is -2.55. The molecule has 0 radical (unpaired) electrons. The SMILES string of the molecule is Cc1cc(O)c(C(=O)C=Cc2ccc3occc3c2)c(O[C@@H]2S[C@H](CO)[C@@H](O)[C@H](O)[C@H]2O)c1. The van der Waals surface area contributed by atoms with E-state index in [0.29, 0.717) is 5.56 Å². The fourth-order valence-electron chi connectivity index (χ4n) is 3.71. The zero-order valence-corrected chi connectivity index (χ0v) is 18.5. The van der Waals surface area contributed by atoms with Crippen LogP contribution in [0.15, 0.2) is 53.2 Å². The van der Waals surface area contributed by atoms with Crippen molar-refractivity contribution >= 4 is 34.6 Å². The molecule has 2 heterocycles. The summed E-state index contributed by atoms with van der Waals surface area (Å²) < 4.78 is 11.1. The molecule has 174 valence electrons. The number of aryl methyl sites for hydroxylation is 1. The van der Waals surface area contributed by atoms with Gasteiger partial charge in [-0.15, -0.1) is 11.8 Å². The minimum absolute atomic E-state index is 0.0178. The van der Waals surface area contributed by atoms with Crippen molar-refractivity contribution in [3.8, 4) is 11.5 Å². The van der Waals surface area contributed by atoms with Crippen LogP contribution in [0.3, 0.4) is 0 Å². The molecule has 5 N–H and O–H groups in total. The van der Waals surface area contributed by atoms with Crippen LogP contribution in [0, 0.1) is 6.92 Å². The summed E-state index contributed by atoms with van der Waals surface area (Å²) >= 11 is 0.939. The first-order valence-electron chi connectivity index (χ1n) is 10.3. The molecule has 0 unspecified atom stereocenters. The van der Waals surface area contributed by atoms with Crippen LogP contribution in [-0.4, -0.2) is 66.9 Å². The summed E-state index contributed by atoms with van der Waals surface area (Å²) in [6, 6.07) is 10.2. The molecule has 8 nitrogen and oxygen atoms in total. The van der Waals surface area contributed by atoms with E-state index in [1.807, 2.05) is 12.1 Å². The van der Waals surface area contributed by atoms with E-state index in [4.69, 9.17) is 9.15 Å². The number of hydrogen-bond donors (Lipinski definition) is 5. The number of ether oxygens (including phenoxy) is 1. The lowest BCUT2D eigenvalue weighted by atomic mass is 10.0. The van der Waals surface area contributed by atoms with Crippen LogP contribution < -0.4 is 4.74 Å². The average molecular weight is 473 g/mol. The molecule has 4 rings (SSSR count). The molecule has 1 aliphatic rings. The number of hydrogen-bond acceptors (Lipinski definition) is 9. The molecular formula is C24H24O8S. The standard InChI is InChI=1S/C24H24O8S/c1-12-8-16(27)20(15(26)4-2-13-3-5-17-14(10-13)6-7-31-17)18(9-12)32-24-23(30)22(29)21(28)19(11-25)33-24/h2-10,19,21-25,27-30H,11H2,1H3/t19-,21-,22+,23-,24-/m1/s1. The quantitative estimate of drug-likeness (QED) is 0.270. The molecule has 0 spiro atoms. The summed E-state index contributed by atoms with van der Waals surface area (Å²) in [4.78, 5) is 13.0. The molecule has 9 heteroatoms. The lowest BCUT2D eigenvalue weighted by molar-refractivity contribution is -0.0910. The summed E-state index contributed by atoms with van der Waals surface area (Å²) in [5, 5.41) is 50.5. The van der Waals surface area contributed by atoms with E-state index in [-0.39, 0.29) is 17.1 Å². The maximum absolute atomic E-state index is 13.0. The maximum atomic E-state index is 13.0. The largest absolute Gasteiger partial charge is 0.507 e. The van der Waals surface area contributed by atoms with Crippen LogP contribution in [0.4, 0.5) is 0 Å². The van der Waals surface area contributed by atoms with Crippen molar-refractivity contribution < 1.29 is 39.5 Å². The van der Waals surface area contributed by atoms with E-state index in [0.717, 1.165) is 28.3 Å². The highest BCUT2D eigenvalue weighted by Crippen LogP contribution is 2.38. The van der Waals surface area contributed by atoms with Crippen molar-refractivity contribution in [3.05, 3.63) is 65.4 Å². The monoisotopic (exact) mass is 472 g/mol. The van der Waals surface area contributed by atoms with Gasteiger partial charge >= 0.3 is 0 Å². The molecule has 5 atom stereocenters. The van der Waals surface area contributed by atoms with Crippen molar-refractivity contribution in [2.45, 2.75) is 35.9 Å². The third kappa shape index (κ3) is 4.78. The lowest BCUT2D eigenvalue weighted by Gasteiger charge is -2.39. The van der Waals surface area contributed by atoms with Gasteiger partial charge in [0.15, 0.2) is 11.2 Å². The number of aliphatic hydroxyl groups excluding tert-OH is 4. The summed E-state index contributed by atoms with van der Waals surface area (Å²) in [5.74, 6) is -0.798. The number of fused-ring (bicyclic) bond motifs is 1. The van der Waals surface area contributed by atoms with Gasteiger partial charge in [-0.2, -0.15) is 0 Å². The Balaban J connectivity index is 1.61. The number of benzene rings is 2. The van der Waals surface area contributed by atoms with Crippen molar-refractivity contribution in [2.75, 3.05) is 6.61 Å². The molecule has 33 heavy (non-hydrogen) atoms. The summed E-state index contributed by atoms with van der Waals surface area (Å²) in [6.07, 6.45) is 0.130. The van der Waals surface area contributed by atoms with E-state index in [2.05, 4.69) is 0 Å². The molecule has 1 saturated heterocycles. The van der Waals surface area contributed by atoms with Crippen molar-refractivity contribution in [1.29, 1.82) is 0 Å². The first-order chi connectivity index (χ1) is 15.8. The van der Waals surface area contributed by atoms with Gasteiger partial charge in [0, 0.05) is 5.39 Å². The van der Waals surface area contributed by atoms with Crippen LogP contribution in [0.2, 0.25) is 0 Å². The van der Waals surface area contributed by atoms with E-state index >= 15 is 0 Å². The predicted molar refractivity (Wildman–Crippen MR) is 123 cm³/mol. The second kappa shape index (κ2) is 9.58. The highest BCUT2D eigenvalue weighted by atomic mass is 32.2. The van der Waals surface area contributed by atoms with Gasteiger partial charge in [-0.05, 0) is 54.5 Å². The maximum Gasteiger partial charge on any atom is 0.193 e. The zero-order valence-electron chi connectivity index (χ0n) is 17.7. The molecule has 0 aliphatic carbocycles. The average Bonchev–Trinajstić information content (AvgIpc) is 3.25. The Morgan fingerprint density at radius 2 is 1.91 bits per heavy atom. The highest BCUT2D eigenvalue weighted by molar-refractivity contribution is 8.00. The number of thioether (sulfide) groups is 1. The molecule has 0 saturated carbocycles. The van der Waals surface area contributed by atoms with Crippen molar-refractivity contribution in [2.24, 2.45) is 0 Å². The number of aliphatic hydroxyl groups is 4. The molecule has 1 fully saturated rings. The molecule has 1 aromatic heterocycles. The first kappa shape index (κ1) is 23.3. The van der Waals surface area contributed by atoms with Crippen LogP contribution in [0.5, 0.6) is 11.5 Å². The van der Waals surface area contributed by atoms with Gasteiger partial charge < -0.3 is 34.7 Å². The minimum Gasteiger partial charge on any atom is -0.507 e. The van der Waals surface area contributed by atoms with Gasteiger partial charge in [0.2, 0.25) is 0 Å². The number of phenolic OH excluding ortho intramolecular Hbond substituents is 1. The van der Waals surface area contributed by atoms with E-state index in [9.17, 15) is 30.3 Å². The topological polar surface area (TPSA) is 141 Å².